The highest BCUT2D eigenvalue weighted by molar-refractivity contribution is 7.99. The molecular weight excluding hydrogens is 382 g/mol. The van der Waals surface area contributed by atoms with Gasteiger partial charge in [0.2, 0.25) is 5.91 Å². The summed E-state index contributed by atoms with van der Waals surface area (Å²) in [5.41, 5.74) is 5.72. The molecule has 0 unspecified atom stereocenters. The number of imidazole rings is 1. The first kappa shape index (κ1) is 21.1. The van der Waals surface area contributed by atoms with E-state index in [9.17, 15) is 4.79 Å². The minimum atomic E-state index is -0.0169. The van der Waals surface area contributed by atoms with Crippen molar-refractivity contribution in [1.82, 2.24) is 14.9 Å². The largest absolute Gasteiger partial charge is 0.377 e. The summed E-state index contributed by atoms with van der Waals surface area (Å²) >= 11 is 1.44. The van der Waals surface area contributed by atoms with Crippen LogP contribution in [0.4, 0.5) is 0 Å². The van der Waals surface area contributed by atoms with Crippen molar-refractivity contribution in [2.75, 3.05) is 12.4 Å². The molecule has 6 heteroatoms. The maximum Gasteiger partial charge on any atom is 0.230 e. The highest BCUT2D eigenvalue weighted by atomic mass is 32.2. The molecule has 3 aromatic rings. The van der Waals surface area contributed by atoms with Crippen molar-refractivity contribution in [2.45, 2.75) is 39.1 Å². The lowest BCUT2D eigenvalue weighted by molar-refractivity contribution is -0.118. The number of carbonyl (C=O) groups is 1. The second-order valence-electron chi connectivity index (χ2n) is 6.77. The van der Waals surface area contributed by atoms with E-state index in [1.54, 1.807) is 6.20 Å². The van der Waals surface area contributed by atoms with Crippen LogP contribution >= 0.6 is 11.8 Å². The summed E-state index contributed by atoms with van der Waals surface area (Å²) in [6.07, 6.45) is 3.71. The number of thioether (sulfide) groups is 1. The fourth-order valence-electron chi connectivity index (χ4n) is 3.03. The van der Waals surface area contributed by atoms with E-state index >= 15 is 0 Å². The number of hydrogen-bond donors (Lipinski definition) is 1. The molecule has 0 aliphatic rings. The van der Waals surface area contributed by atoms with Crippen molar-refractivity contribution in [2.24, 2.45) is 0 Å². The van der Waals surface area contributed by atoms with E-state index < -0.39 is 0 Å². The van der Waals surface area contributed by atoms with Crippen molar-refractivity contribution >= 4 is 17.7 Å². The van der Waals surface area contributed by atoms with Crippen LogP contribution in [0.1, 0.15) is 29.2 Å². The molecule has 0 radical (unpaired) electrons. The van der Waals surface area contributed by atoms with Gasteiger partial charge < -0.3 is 10.1 Å². The van der Waals surface area contributed by atoms with Crippen molar-refractivity contribution in [1.29, 1.82) is 0 Å². The van der Waals surface area contributed by atoms with Gasteiger partial charge in [-0.2, -0.15) is 0 Å². The van der Waals surface area contributed by atoms with Crippen molar-refractivity contribution in [3.05, 3.63) is 77.1 Å². The van der Waals surface area contributed by atoms with Gasteiger partial charge in [0, 0.05) is 25.5 Å². The summed E-state index contributed by atoms with van der Waals surface area (Å²) in [4.78, 5) is 16.8. The lowest BCUT2D eigenvalue weighted by Crippen LogP contribution is -2.25. The normalized spacial score (nSPS) is 10.9. The van der Waals surface area contributed by atoms with E-state index in [1.807, 2.05) is 48.0 Å². The number of hydrogen-bond acceptors (Lipinski definition) is 4. The minimum Gasteiger partial charge on any atom is -0.377 e. The maximum absolute atomic E-state index is 12.4. The summed E-state index contributed by atoms with van der Waals surface area (Å²) in [5.74, 6) is 0.298. The Kier molecular flexibility index (Phi) is 7.49. The summed E-state index contributed by atoms with van der Waals surface area (Å²) in [5, 5.41) is 3.82. The number of benzene rings is 2. The Balaban J connectivity index is 1.59. The summed E-state index contributed by atoms with van der Waals surface area (Å²) < 4.78 is 7.55. The fraction of sp³-hybridized carbons (Fsp3) is 0.304. The van der Waals surface area contributed by atoms with Crippen LogP contribution < -0.4 is 5.32 Å². The second-order valence-corrected chi connectivity index (χ2v) is 7.71. The number of nitrogens with one attached hydrogen (secondary N) is 1. The molecule has 1 aromatic heterocycles. The zero-order valence-corrected chi connectivity index (χ0v) is 18.0. The van der Waals surface area contributed by atoms with Gasteiger partial charge in [0.15, 0.2) is 5.16 Å². The molecule has 0 aliphatic heterocycles. The van der Waals surface area contributed by atoms with E-state index in [2.05, 4.69) is 36.3 Å². The predicted molar refractivity (Wildman–Crippen MR) is 117 cm³/mol. The first-order valence-corrected chi connectivity index (χ1v) is 10.7. The lowest BCUT2D eigenvalue weighted by atomic mass is 10.1. The Labute approximate surface area is 176 Å². The third-order valence-corrected chi connectivity index (χ3v) is 5.80. The first-order valence-electron chi connectivity index (χ1n) is 9.74. The lowest BCUT2D eigenvalue weighted by Gasteiger charge is -2.13. The third kappa shape index (κ3) is 5.49. The van der Waals surface area contributed by atoms with Crippen LogP contribution in [0.25, 0.3) is 5.69 Å². The van der Waals surface area contributed by atoms with Gasteiger partial charge >= 0.3 is 0 Å². The van der Waals surface area contributed by atoms with E-state index in [-0.39, 0.29) is 5.91 Å². The molecule has 1 heterocycles. The SMILES string of the molecule is CCOCc1ccccc1CNC(=O)CSc1nccn1-c1cccc(C)c1C. The Bertz CT molecular complexity index is 968. The van der Waals surface area contributed by atoms with Crippen LogP contribution in [0.2, 0.25) is 0 Å². The van der Waals surface area contributed by atoms with Gasteiger partial charge in [0.25, 0.3) is 0 Å². The fourth-order valence-corrected chi connectivity index (χ4v) is 3.83. The number of aryl methyl sites for hydroxylation is 1. The van der Waals surface area contributed by atoms with Gasteiger partial charge in [-0.3, -0.25) is 9.36 Å². The highest BCUT2D eigenvalue weighted by Gasteiger charge is 2.12. The number of rotatable bonds is 9. The molecular formula is C23H27N3O2S. The summed E-state index contributed by atoms with van der Waals surface area (Å²) in [6, 6.07) is 14.2. The maximum atomic E-state index is 12.4. The number of amides is 1. The van der Waals surface area contributed by atoms with Crippen LogP contribution in [0.5, 0.6) is 0 Å². The minimum absolute atomic E-state index is 0.0169. The van der Waals surface area contributed by atoms with Crippen molar-refractivity contribution in [3.63, 3.8) is 0 Å². The molecule has 152 valence electrons. The van der Waals surface area contributed by atoms with Gasteiger partial charge in [-0.1, -0.05) is 48.2 Å². The third-order valence-electron chi connectivity index (χ3n) is 4.83. The Morgan fingerprint density at radius 1 is 1.14 bits per heavy atom. The average Bonchev–Trinajstić information content (AvgIpc) is 3.20. The molecule has 3 rings (SSSR count). The second kappa shape index (κ2) is 10.3. The summed E-state index contributed by atoms with van der Waals surface area (Å²) in [7, 11) is 0. The highest BCUT2D eigenvalue weighted by Crippen LogP contribution is 2.24. The van der Waals surface area contributed by atoms with Gasteiger partial charge in [0.1, 0.15) is 0 Å². The Morgan fingerprint density at radius 3 is 2.72 bits per heavy atom. The van der Waals surface area contributed by atoms with Gasteiger partial charge in [-0.05, 0) is 49.1 Å². The molecule has 0 bridgehead atoms. The van der Waals surface area contributed by atoms with Crippen molar-refractivity contribution < 1.29 is 9.53 Å². The molecule has 1 N–H and O–H groups in total. The van der Waals surface area contributed by atoms with Crippen LogP contribution in [0.3, 0.4) is 0 Å². The Hall–Kier alpha value is -2.57. The standard InChI is InChI=1S/C23H27N3O2S/c1-4-28-15-20-10-6-5-9-19(20)14-25-22(27)16-29-23-24-12-13-26(23)21-11-7-8-17(2)18(21)3/h5-13H,4,14-16H2,1-3H3,(H,25,27). The topological polar surface area (TPSA) is 56.1 Å². The van der Waals surface area contributed by atoms with Crippen LogP contribution in [0, 0.1) is 13.8 Å². The quantitative estimate of drug-likeness (QED) is 0.531. The molecule has 29 heavy (non-hydrogen) atoms. The molecule has 0 fully saturated rings. The molecule has 0 saturated heterocycles. The zero-order chi connectivity index (χ0) is 20.6. The van der Waals surface area contributed by atoms with Gasteiger partial charge in [0.05, 0.1) is 18.0 Å². The monoisotopic (exact) mass is 409 g/mol. The van der Waals surface area contributed by atoms with Gasteiger partial charge in [-0.15, -0.1) is 0 Å². The van der Waals surface area contributed by atoms with E-state index in [0.29, 0.717) is 25.5 Å². The smallest absolute Gasteiger partial charge is 0.230 e. The number of ether oxygens (including phenoxy) is 1. The van der Waals surface area contributed by atoms with E-state index in [1.165, 1.54) is 22.9 Å². The number of nitrogens with zero attached hydrogens (tertiary/aromatic N) is 2. The number of carbonyl (C=O) groups excluding carboxylic acids is 1. The van der Waals surface area contributed by atoms with E-state index in [4.69, 9.17) is 4.74 Å². The van der Waals surface area contributed by atoms with Crippen molar-refractivity contribution in [3.8, 4) is 5.69 Å². The molecule has 0 atom stereocenters. The molecule has 5 nitrogen and oxygen atoms in total. The van der Waals surface area contributed by atoms with Crippen LogP contribution in [0.15, 0.2) is 60.0 Å². The molecule has 2 aromatic carbocycles. The van der Waals surface area contributed by atoms with Crippen LogP contribution in [-0.2, 0) is 22.7 Å². The van der Waals surface area contributed by atoms with Gasteiger partial charge in [-0.25, -0.2) is 4.98 Å². The molecule has 0 saturated carbocycles. The summed E-state index contributed by atoms with van der Waals surface area (Å²) in [6.45, 7) is 7.90. The number of aromatic nitrogens is 2. The predicted octanol–water partition coefficient (Wildman–Crippen LogP) is 4.43. The average molecular weight is 410 g/mol. The zero-order valence-electron chi connectivity index (χ0n) is 17.1. The van der Waals surface area contributed by atoms with E-state index in [0.717, 1.165) is 22.0 Å². The molecule has 0 aliphatic carbocycles. The molecule has 1 amide bonds. The Morgan fingerprint density at radius 2 is 1.93 bits per heavy atom. The molecule has 0 spiro atoms. The first-order chi connectivity index (χ1) is 14.1. The van der Waals surface area contributed by atoms with Crippen LogP contribution in [-0.4, -0.2) is 27.8 Å².